The van der Waals surface area contributed by atoms with E-state index in [2.05, 4.69) is 42.0 Å². The molecule has 2 heterocycles. The van der Waals surface area contributed by atoms with Gasteiger partial charge < -0.3 is 9.47 Å². The van der Waals surface area contributed by atoms with Crippen molar-refractivity contribution in [3.63, 3.8) is 0 Å². The van der Waals surface area contributed by atoms with Crippen LogP contribution in [0.3, 0.4) is 0 Å². The highest BCUT2D eigenvalue weighted by Crippen LogP contribution is 2.39. The van der Waals surface area contributed by atoms with E-state index in [1.165, 1.54) is 24.9 Å². The number of likely N-dealkylation sites (tertiary alicyclic amines) is 2. The fraction of sp³-hybridized carbons (Fsp3) is 0.684. The summed E-state index contributed by atoms with van der Waals surface area (Å²) in [6.07, 6.45) is 2.54. The summed E-state index contributed by atoms with van der Waals surface area (Å²) in [7, 11) is 4.04. The van der Waals surface area contributed by atoms with Gasteiger partial charge in [-0.25, -0.2) is 0 Å². The molecule has 0 saturated carbocycles. The molecule has 3 rings (SSSR count). The van der Waals surface area contributed by atoms with E-state index in [1.54, 1.807) is 7.11 Å². The maximum absolute atomic E-state index is 5.67. The second kappa shape index (κ2) is 7.20. The first kappa shape index (κ1) is 16.7. The molecule has 0 aromatic heterocycles. The van der Waals surface area contributed by atoms with Crippen LogP contribution in [-0.4, -0.2) is 62.3 Å². The molecule has 128 valence electrons. The van der Waals surface area contributed by atoms with E-state index >= 15 is 0 Å². The van der Waals surface area contributed by atoms with Gasteiger partial charge in [-0.3, -0.25) is 9.80 Å². The topological polar surface area (TPSA) is 24.9 Å². The summed E-state index contributed by atoms with van der Waals surface area (Å²) in [6.45, 7) is 8.34. The van der Waals surface area contributed by atoms with E-state index < -0.39 is 0 Å². The van der Waals surface area contributed by atoms with Gasteiger partial charge in [-0.1, -0.05) is 18.2 Å². The van der Waals surface area contributed by atoms with Crippen molar-refractivity contribution in [2.24, 2.45) is 5.92 Å². The van der Waals surface area contributed by atoms with Gasteiger partial charge >= 0.3 is 0 Å². The Balaban J connectivity index is 1.57. The van der Waals surface area contributed by atoms with Crippen LogP contribution in [0.2, 0.25) is 0 Å². The summed E-state index contributed by atoms with van der Waals surface area (Å²) >= 11 is 0. The number of ether oxygens (including phenoxy) is 2. The molecule has 1 unspecified atom stereocenters. The minimum atomic E-state index is 0.363. The van der Waals surface area contributed by atoms with Crippen LogP contribution in [0.15, 0.2) is 24.3 Å². The summed E-state index contributed by atoms with van der Waals surface area (Å²) in [5.74, 6) is 1.72. The van der Waals surface area contributed by atoms with Gasteiger partial charge in [0.1, 0.15) is 5.75 Å². The zero-order chi connectivity index (χ0) is 16.3. The number of piperidine rings is 1. The Morgan fingerprint density at radius 1 is 1.26 bits per heavy atom. The maximum Gasteiger partial charge on any atom is 0.123 e. The Hall–Kier alpha value is -1.10. The average Bonchev–Trinajstić information content (AvgIpc) is 2.54. The van der Waals surface area contributed by atoms with Gasteiger partial charge in [-0.05, 0) is 45.3 Å². The maximum atomic E-state index is 5.67. The molecule has 0 radical (unpaired) electrons. The zero-order valence-electron chi connectivity index (χ0n) is 14.8. The Morgan fingerprint density at radius 3 is 2.78 bits per heavy atom. The summed E-state index contributed by atoms with van der Waals surface area (Å²) in [6, 6.07) is 8.35. The van der Waals surface area contributed by atoms with Crippen LogP contribution in [0, 0.1) is 5.92 Å². The van der Waals surface area contributed by atoms with Crippen molar-refractivity contribution in [2.75, 3.05) is 47.0 Å². The molecule has 1 aromatic rings. The Kier molecular flexibility index (Phi) is 5.24. The first-order valence-corrected chi connectivity index (χ1v) is 8.80. The van der Waals surface area contributed by atoms with Gasteiger partial charge in [0, 0.05) is 44.0 Å². The van der Waals surface area contributed by atoms with Crippen LogP contribution < -0.4 is 4.74 Å². The second-order valence-electron chi connectivity index (χ2n) is 7.12. The van der Waals surface area contributed by atoms with E-state index in [4.69, 9.17) is 9.47 Å². The van der Waals surface area contributed by atoms with Crippen molar-refractivity contribution in [1.82, 2.24) is 9.80 Å². The molecule has 0 bridgehead atoms. The molecule has 1 spiro atoms. The summed E-state index contributed by atoms with van der Waals surface area (Å²) in [5.41, 5.74) is 1.65. The minimum absolute atomic E-state index is 0.363. The molecule has 0 amide bonds. The van der Waals surface area contributed by atoms with Crippen LogP contribution >= 0.6 is 0 Å². The predicted octanol–water partition coefficient (Wildman–Crippen LogP) is 2.63. The highest BCUT2D eigenvalue weighted by atomic mass is 16.5. The molecule has 1 aromatic carbocycles. The number of methoxy groups -OCH3 is 1. The molecule has 2 aliphatic heterocycles. The highest BCUT2D eigenvalue weighted by molar-refractivity contribution is 5.33. The first-order valence-electron chi connectivity index (χ1n) is 8.80. The van der Waals surface area contributed by atoms with Crippen molar-refractivity contribution in [3.8, 4) is 5.75 Å². The lowest BCUT2D eigenvalue weighted by Crippen LogP contribution is -2.71. The molecule has 4 heteroatoms. The molecular formula is C19H30N2O2. The summed E-state index contributed by atoms with van der Waals surface area (Å²) < 4.78 is 11.2. The molecule has 23 heavy (non-hydrogen) atoms. The van der Waals surface area contributed by atoms with Gasteiger partial charge in [-0.15, -0.1) is 0 Å². The molecule has 2 fully saturated rings. The van der Waals surface area contributed by atoms with E-state index in [9.17, 15) is 0 Å². The van der Waals surface area contributed by atoms with E-state index in [1.807, 2.05) is 6.07 Å². The predicted molar refractivity (Wildman–Crippen MR) is 92.8 cm³/mol. The summed E-state index contributed by atoms with van der Waals surface area (Å²) in [5, 5.41) is 0. The number of likely N-dealkylation sites (N-methyl/N-ethyl adjacent to an activating group) is 1. The molecule has 4 nitrogen and oxygen atoms in total. The number of benzene rings is 1. The third kappa shape index (κ3) is 3.54. The standard InChI is InChI=1S/C19H30N2O2/c1-4-23-13-16-9-10-20(2)19(11-16)14-21(15-19)12-17-7-5-6-8-18(17)22-3/h5-8,16H,4,9-15H2,1-3H3. The van der Waals surface area contributed by atoms with Crippen molar-refractivity contribution in [2.45, 2.75) is 31.8 Å². The largest absolute Gasteiger partial charge is 0.496 e. The quantitative estimate of drug-likeness (QED) is 0.805. The van der Waals surface area contributed by atoms with Crippen LogP contribution in [0.4, 0.5) is 0 Å². The van der Waals surface area contributed by atoms with E-state index in [-0.39, 0.29) is 0 Å². The molecule has 2 saturated heterocycles. The van der Waals surface area contributed by atoms with E-state index in [0.717, 1.165) is 44.5 Å². The summed E-state index contributed by atoms with van der Waals surface area (Å²) in [4.78, 5) is 5.12. The smallest absolute Gasteiger partial charge is 0.123 e. The van der Waals surface area contributed by atoms with Gasteiger partial charge in [0.2, 0.25) is 0 Å². The van der Waals surface area contributed by atoms with Gasteiger partial charge in [-0.2, -0.15) is 0 Å². The van der Waals surface area contributed by atoms with Crippen LogP contribution in [0.5, 0.6) is 5.75 Å². The van der Waals surface area contributed by atoms with Crippen molar-refractivity contribution < 1.29 is 9.47 Å². The second-order valence-corrected chi connectivity index (χ2v) is 7.12. The number of hydrogen-bond acceptors (Lipinski definition) is 4. The third-order valence-electron chi connectivity index (χ3n) is 5.53. The van der Waals surface area contributed by atoms with Crippen molar-refractivity contribution >= 4 is 0 Å². The van der Waals surface area contributed by atoms with Crippen molar-refractivity contribution in [1.29, 1.82) is 0 Å². The van der Waals surface area contributed by atoms with Gasteiger partial charge in [0.05, 0.1) is 7.11 Å². The first-order chi connectivity index (χ1) is 11.2. The van der Waals surface area contributed by atoms with Crippen LogP contribution in [0.1, 0.15) is 25.3 Å². The normalized spacial score (nSPS) is 24.6. The SMILES string of the molecule is CCOCC1CCN(C)C2(C1)CN(Cc1ccccc1OC)C2. The monoisotopic (exact) mass is 318 g/mol. The number of nitrogens with zero attached hydrogens (tertiary/aromatic N) is 2. The number of rotatable bonds is 6. The molecular weight excluding hydrogens is 288 g/mol. The van der Waals surface area contributed by atoms with Crippen LogP contribution in [0.25, 0.3) is 0 Å². The molecule has 0 aliphatic carbocycles. The fourth-order valence-electron chi connectivity index (χ4n) is 4.18. The average molecular weight is 318 g/mol. The fourth-order valence-corrected chi connectivity index (χ4v) is 4.18. The Bertz CT molecular complexity index is 512. The third-order valence-corrected chi connectivity index (χ3v) is 5.53. The lowest BCUT2D eigenvalue weighted by Gasteiger charge is -2.58. The lowest BCUT2D eigenvalue weighted by molar-refractivity contribution is -0.0923. The Morgan fingerprint density at radius 2 is 2.04 bits per heavy atom. The van der Waals surface area contributed by atoms with Gasteiger partial charge in [0.15, 0.2) is 0 Å². The molecule has 0 N–H and O–H groups in total. The van der Waals surface area contributed by atoms with E-state index in [0.29, 0.717) is 5.54 Å². The number of hydrogen-bond donors (Lipinski definition) is 0. The van der Waals surface area contributed by atoms with Gasteiger partial charge in [0.25, 0.3) is 0 Å². The van der Waals surface area contributed by atoms with Crippen molar-refractivity contribution in [3.05, 3.63) is 29.8 Å². The number of para-hydroxylation sites is 1. The molecule has 1 atom stereocenters. The minimum Gasteiger partial charge on any atom is -0.496 e. The highest BCUT2D eigenvalue weighted by Gasteiger charge is 2.49. The molecule has 2 aliphatic rings. The van der Waals surface area contributed by atoms with Crippen LogP contribution in [-0.2, 0) is 11.3 Å². The zero-order valence-corrected chi connectivity index (χ0v) is 14.8. The lowest BCUT2D eigenvalue weighted by atomic mass is 9.75. The Labute approximate surface area is 140 Å².